The Labute approximate surface area is 146 Å². The van der Waals surface area contributed by atoms with Crippen molar-refractivity contribution in [2.24, 2.45) is 0 Å². The molecular formula is C19H22N2O4. The molecule has 4 rings (SSSR count). The fourth-order valence-electron chi connectivity index (χ4n) is 3.76. The SMILES string of the molecule is Cc1cccc(CO[C@@H]2CC[C@H]3[C@H]2OCCN3C(=O)c2ccco2)n1. The molecule has 1 saturated carbocycles. The van der Waals surface area contributed by atoms with Crippen LogP contribution in [0.1, 0.15) is 34.8 Å². The van der Waals surface area contributed by atoms with Crippen molar-refractivity contribution in [2.45, 2.75) is 44.6 Å². The van der Waals surface area contributed by atoms with E-state index in [-0.39, 0.29) is 24.2 Å². The van der Waals surface area contributed by atoms with E-state index in [1.165, 1.54) is 6.26 Å². The number of amides is 1. The summed E-state index contributed by atoms with van der Waals surface area (Å²) in [4.78, 5) is 19.0. The Morgan fingerprint density at radius 1 is 1.32 bits per heavy atom. The molecule has 6 nitrogen and oxygen atoms in total. The Morgan fingerprint density at radius 2 is 2.24 bits per heavy atom. The van der Waals surface area contributed by atoms with E-state index in [0.29, 0.717) is 25.5 Å². The van der Waals surface area contributed by atoms with Crippen LogP contribution in [0.15, 0.2) is 41.0 Å². The molecule has 25 heavy (non-hydrogen) atoms. The second-order valence-electron chi connectivity index (χ2n) is 6.58. The zero-order chi connectivity index (χ0) is 17.2. The lowest BCUT2D eigenvalue weighted by Gasteiger charge is -2.38. The van der Waals surface area contributed by atoms with Crippen LogP contribution in [0.25, 0.3) is 0 Å². The van der Waals surface area contributed by atoms with Crippen LogP contribution < -0.4 is 0 Å². The number of morpholine rings is 1. The minimum absolute atomic E-state index is 0.0143. The van der Waals surface area contributed by atoms with Crippen LogP contribution in [0.5, 0.6) is 0 Å². The van der Waals surface area contributed by atoms with Gasteiger partial charge in [0.1, 0.15) is 6.10 Å². The molecule has 3 atom stereocenters. The van der Waals surface area contributed by atoms with Crippen molar-refractivity contribution in [1.29, 1.82) is 0 Å². The average Bonchev–Trinajstić information content (AvgIpc) is 3.29. The number of pyridine rings is 1. The van der Waals surface area contributed by atoms with Gasteiger partial charge in [0.15, 0.2) is 5.76 Å². The van der Waals surface area contributed by atoms with Crippen molar-refractivity contribution >= 4 is 5.91 Å². The first-order chi connectivity index (χ1) is 12.2. The number of rotatable bonds is 4. The lowest BCUT2D eigenvalue weighted by Crippen LogP contribution is -2.53. The highest BCUT2D eigenvalue weighted by Gasteiger charge is 2.45. The number of nitrogens with zero attached hydrogens (tertiary/aromatic N) is 2. The molecule has 0 radical (unpaired) electrons. The highest BCUT2D eigenvalue weighted by atomic mass is 16.5. The number of aryl methyl sites for hydroxylation is 1. The van der Waals surface area contributed by atoms with Gasteiger partial charge in [-0.15, -0.1) is 0 Å². The first kappa shape index (κ1) is 16.3. The summed E-state index contributed by atoms with van der Waals surface area (Å²) in [6, 6.07) is 9.41. The Hall–Kier alpha value is -2.18. The van der Waals surface area contributed by atoms with Crippen LogP contribution in [-0.2, 0) is 16.1 Å². The van der Waals surface area contributed by atoms with Crippen molar-refractivity contribution < 1.29 is 18.7 Å². The number of carbonyl (C=O) groups excluding carboxylic acids is 1. The predicted molar refractivity (Wildman–Crippen MR) is 90.1 cm³/mol. The van der Waals surface area contributed by atoms with E-state index in [1.807, 2.05) is 30.0 Å². The molecule has 1 amide bonds. The van der Waals surface area contributed by atoms with Gasteiger partial charge in [0, 0.05) is 12.2 Å². The standard InChI is InChI=1S/C19H22N2O4/c1-13-4-2-5-14(20-13)12-25-16-8-7-15-18(16)24-11-9-21(15)19(22)17-6-3-10-23-17/h2-6,10,15-16,18H,7-9,11-12H2,1H3/t15-,16+,18+/m0/s1. The van der Waals surface area contributed by atoms with E-state index in [1.54, 1.807) is 12.1 Å². The molecule has 0 aromatic carbocycles. The molecule has 1 aliphatic carbocycles. The minimum atomic E-state index is -0.0857. The third-order valence-corrected chi connectivity index (χ3v) is 4.92. The maximum absolute atomic E-state index is 12.7. The minimum Gasteiger partial charge on any atom is -0.459 e. The average molecular weight is 342 g/mol. The molecule has 132 valence electrons. The Balaban J connectivity index is 1.41. The molecule has 2 fully saturated rings. The number of hydrogen-bond acceptors (Lipinski definition) is 5. The van der Waals surface area contributed by atoms with Crippen LogP contribution in [-0.4, -0.2) is 47.2 Å². The van der Waals surface area contributed by atoms with E-state index in [4.69, 9.17) is 13.9 Å². The zero-order valence-electron chi connectivity index (χ0n) is 14.3. The van der Waals surface area contributed by atoms with Gasteiger partial charge >= 0.3 is 0 Å². The fourth-order valence-corrected chi connectivity index (χ4v) is 3.76. The monoisotopic (exact) mass is 342 g/mol. The van der Waals surface area contributed by atoms with Gasteiger partial charge in [-0.2, -0.15) is 0 Å². The van der Waals surface area contributed by atoms with Crippen molar-refractivity contribution in [2.75, 3.05) is 13.2 Å². The molecule has 2 aromatic heterocycles. The lowest BCUT2D eigenvalue weighted by molar-refractivity contribution is -0.109. The van der Waals surface area contributed by atoms with Crippen molar-refractivity contribution in [3.05, 3.63) is 53.7 Å². The summed E-state index contributed by atoms with van der Waals surface area (Å²) < 4.78 is 17.3. The second kappa shape index (κ2) is 6.98. The van der Waals surface area contributed by atoms with Gasteiger partial charge in [-0.3, -0.25) is 9.78 Å². The first-order valence-electron chi connectivity index (χ1n) is 8.72. The number of furan rings is 1. The highest BCUT2D eigenvalue weighted by molar-refractivity contribution is 5.91. The van der Waals surface area contributed by atoms with Gasteiger partial charge in [0.2, 0.25) is 0 Å². The summed E-state index contributed by atoms with van der Waals surface area (Å²) in [5.41, 5.74) is 1.90. The molecule has 0 N–H and O–H groups in total. The van der Waals surface area contributed by atoms with E-state index in [0.717, 1.165) is 24.2 Å². The van der Waals surface area contributed by atoms with E-state index in [2.05, 4.69) is 4.98 Å². The van der Waals surface area contributed by atoms with Gasteiger partial charge in [0.25, 0.3) is 5.91 Å². The summed E-state index contributed by atoms with van der Waals surface area (Å²) in [5, 5.41) is 0. The number of carbonyl (C=O) groups is 1. The highest BCUT2D eigenvalue weighted by Crippen LogP contribution is 2.33. The number of aromatic nitrogens is 1. The van der Waals surface area contributed by atoms with Gasteiger partial charge < -0.3 is 18.8 Å². The van der Waals surface area contributed by atoms with Gasteiger partial charge in [-0.25, -0.2) is 0 Å². The summed E-state index contributed by atoms with van der Waals surface area (Å²) in [6.45, 7) is 3.55. The molecular weight excluding hydrogens is 320 g/mol. The van der Waals surface area contributed by atoms with Crippen LogP contribution >= 0.6 is 0 Å². The Bertz CT molecular complexity index is 731. The van der Waals surface area contributed by atoms with Crippen LogP contribution in [0.2, 0.25) is 0 Å². The fraction of sp³-hybridized carbons (Fsp3) is 0.474. The maximum atomic E-state index is 12.7. The number of ether oxygens (including phenoxy) is 2. The van der Waals surface area contributed by atoms with Gasteiger partial charge in [0.05, 0.1) is 37.3 Å². The topological polar surface area (TPSA) is 64.8 Å². The molecule has 6 heteroatoms. The van der Waals surface area contributed by atoms with Crippen LogP contribution in [0.4, 0.5) is 0 Å². The Kier molecular flexibility index (Phi) is 4.55. The molecule has 1 aliphatic heterocycles. The number of fused-ring (bicyclic) bond motifs is 1. The largest absolute Gasteiger partial charge is 0.459 e. The second-order valence-corrected chi connectivity index (χ2v) is 6.58. The lowest BCUT2D eigenvalue weighted by atomic mass is 10.1. The molecule has 2 aliphatic rings. The quantitative estimate of drug-likeness (QED) is 0.854. The maximum Gasteiger partial charge on any atom is 0.289 e. The first-order valence-corrected chi connectivity index (χ1v) is 8.72. The van der Waals surface area contributed by atoms with E-state index < -0.39 is 0 Å². The summed E-state index contributed by atoms with van der Waals surface area (Å²) in [5.74, 6) is 0.318. The molecule has 0 unspecified atom stereocenters. The molecule has 2 aromatic rings. The van der Waals surface area contributed by atoms with Crippen molar-refractivity contribution in [1.82, 2.24) is 9.88 Å². The number of hydrogen-bond donors (Lipinski definition) is 0. The van der Waals surface area contributed by atoms with Crippen LogP contribution in [0.3, 0.4) is 0 Å². The van der Waals surface area contributed by atoms with Crippen LogP contribution in [0, 0.1) is 6.92 Å². The van der Waals surface area contributed by atoms with Gasteiger partial charge in [-0.05, 0) is 44.0 Å². The normalized spacial score (nSPS) is 25.8. The smallest absolute Gasteiger partial charge is 0.289 e. The molecule has 0 bridgehead atoms. The summed E-state index contributed by atoms with van der Waals surface area (Å²) in [7, 11) is 0. The molecule has 3 heterocycles. The Morgan fingerprint density at radius 3 is 3.04 bits per heavy atom. The third-order valence-electron chi connectivity index (χ3n) is 4.92. The zero-order valence-corrected chi connectivity index (χ0v) is 14.3. The summed E-state index contributed by atoms with van der Waals surface area (Å²) >= 11 is 0. The van der Waals surface area contributed by atoms with Crippen molar-refractivity contribution in [3.63, 3.8) is 0 Å². The van der Waals surface area contributed by atoms with Gasteiger partial charge in [-0.1, -0.05) is 6.07 Å². The van der Waals surface area contributed by atoms with Crippen molar-refractivity contribution in [3.8, 4) is 0 Å². The van der Waals surface area contributed by atoms with E-state index >= 15 is 0 Å². The predicted octanol–water partition coefficient (Wildman–Crippen LogP) is 2.57. The third kappa shape index (κ3) is 3.32. The molecule has 0 spiro atoms. The summed E-state index contributed by atoms with van der Waals surface area (Å²) in [6.07, 6.45) is 3.18. The van der Waals surface area contributed by atoms with E-state index in [9.17, 15) is 4.79 Å². The molecule has 1 saturated heterocycles.